The van der Waals surface area contributed by atoms with Crippen LogP contribution in [0.5, 0.6) is 0 Å². The molecule has 21 heavy (non-hydrogen) atoms. The minimum atomic E-state index is 0.0682. The summed E-state index contributed by atoms with van der Waals surface area (Å²) in [6.45, 7) is 8.24. The average Bonchev–Trinajstić information content (AvgIpc) is 2.46. The van der Waals surface area contributed by atoms with Crippen molar-refractivity contribution in [2.45, 2.75) is 45.2 Å². The van der Waals surface area contributed by atoms with Crippen molar-refractivity contribution in [2.75, 3.05) is 5.75 Å². The van der Waals surface area contributed by atoms with Crippen molar-refractivity contribution >= 4 is 28.6 Å². The predicted octanol–water partition coefficient (Wildman–Crippen LogP) is 3.86. The van der Waals surface area contributed by atoms with Crippen LogP contribution in [0.2, 0.25) is 0 Å². The first-order valence-electron chi connectivity index (χ1n) is 7.30. The number of benzene rings is 1. The van der Waals surface area contributed by atoms with Crippen molar-refractivity contribution in [3.63, 3.8) is 0 Å². The lowest BCUT2D eigenvalue weighted by Crippen LogP contribution is -2.33. The molecule has 0 saturated carbocycles. The molecule has 3 nitrogen and oxygen atoms in total. The number of aryl methyl sites for hydroxylation is 2. The van der Waals surface area contributed by atoms with E-state index in [4.69, 9.17) is 0 Å². The molecular weight excluding hydrogens is 280 g/mol. The normalized spacial score (nSPS) is 12.4. The Morgan fingerprint density at radius 1 is 1.33 bits per heavy atom. The molecular formula is C17H22N2OS. The maximum atomic E-state index is 11.8. The number of carbonyl (C=O) groups is 1. The van der Waals surface area contributed by atoms with Crippen molar-refractivity contribution < 1.29 is 4.79 Å². The number of carbonyl (C=O) groups excluding carboxylic acids is 1. The number of hydrogen-bond acceptors (Lipinski definition) is 3. The second kappa shape index (κ2) is 6.94. The lowest BCUT2D eigenvalue weighted by molar-refractivity contribution is -0.119. The molecule has 1 aromatic heterocycles. The Balaban J connectivity index is 2.13. The monoisotopic (exact) mass is 302 g/mol. The van der Waals surface area contributed by atoms with Gasteiger partial charge in [-0.1, -0.05) is 36.9 Å². The van der Waals surface area contributed by atoms with Crippen LogP contribution in [0.15, 0.2) is 29.3 Å². The second-order valence-electron chi connectivity index (χ2n) is 5.41. The number of aromatic nitrogens is 1. The summed E-state index contributed by atoms with van der Waals surface area (Å²) in [6, 6.07) is 8.50. The number of para-hydroxylation sites is 1. The van der Waals surface area contributed by atoms with Gasteiger partial charge in [0.2, 0.25) is 5.91 Å². The molecule has 1 atom stereocenters. The van der Waals surface area contributed by atoms with Gasteiger partial charge in [0.15, 0.2) is 0 Å². The largest absolute Gasteiger partial charge is 0.353 e. The Kier molecular flexibility index (Phi) is 5.23. The summed E-state index contributed by atoms with van der Waals surface area (Å²) in [6.07, 6.45) is 0.947. The highest BCUT2D eigenvalue weighted by molar-refractivity contribution is 7.99. The van der Waals surface area contributed by atoms with Crippen molar-refractivity contribution in [3.8, 4) is 0 Å². The van der Waals surface area contributed by atoms with Gasteiger partial charge in [-0.05, 0) is 44.4 Å². The quantitative estimate of drug-likeness (QED) is 0.853. The Labute approximate surface area is 130 Å². The summed E-state index contributed by atoms with van der Waals surface area (Å²) in [5.41, 5.74) is 3.40. The van der Waals surface area contributed by atoms with E-state index in [1.54, 1.807) is 0 Å². The van der Waals surface area contributed by atoms with E-state index in [2.05, 4.69) is 55.3 Å². The maximum Gasteiger partial charge on any atom is 0.230 e. The van der Waals surface area contributed by atoms with Crippen LogP contribution in [0.4, 0.5) is 0 Å². The summed E-state index contributed by atoms with van der Waals surface area (Å²) in [5, 5.41) is 5.07. The molecule has 4 heteroatoms. The molecule has 0 aliphatic heterocycles. The minimum Gasteiger partial charge on any atom is -0.353 e. The molecule has 0 radical (unpaired) electrons. The highest BCUT2D eigenvalue weighted by Gasteiger charge is 2.09. The van der Waals surface area contributed by atoms with Crippen LogP contribution >= 0.6 is 11.8 Å². The lowest BCUT2D eigenvalue weighted by Gasteiger charge is -2.11. The molecule has 1 aromatic carbocycles. The zero-order valence-electron chi connectivity index (χ0n) is 13.1. The minimum absolute atomic E-state index is 0.0682. The summed E-state index contributed by atoms with van der Waals surface area (Å²) in [7, 11) is 0. The molecule has 1 heterocycles. The third-order valence-electron chi connectivity index (χ3n) is 3.60. The van der Waals surface area contributed by atoms with E-state index in [9.17, 15) is 4.79 Å². The second-order valence-corrected chi connectivity index (χ2v) is 6.41. The van der Waals surface area contributed by atoms with Crippen LogP contribution in [0, 0.1) is 13.8 Å². The number of fused-ring (bicyclic) bond motifs is 1. The number of nitrogens with one attached hydrogen (secondary N) is 1. The number of nitrogens with zero attached hydrogens (tertiary/aromatic N) is 1. The van der Waals surface area contributed by atoms with E-state index < -0.39 is 0 Å². The average molecular weight is 302 g/mol. The first kappa shape index (κ1) is 15.8. The van der Waals surface area contributed by atoms with E-state index in [0.717, 1.165) is 17.0 Å². The van der Waals surface area contributed by atoms with E-state index in [0.29, 0.717) is 5.75 Å². The van der Waals surface area contributed by atoms with Crippen molar-refractivity contribution in [1.29, 1.82) is 0 Å². The molecule has 2 aromatic rings. The van der Waals surface area contributed by atoms with Gasteiger partial charge in [0.05, 0.1) is 16.3 Å². The van der Waals surface area contributed by atoms with Gasteiger partial charge < -0.3 is 5.32 Å². The zero-order chi connectivity index (χ0) is 15.4. The molecule has 0 aliphatic rings. The fraction of sp³-hybridized carbons (Fsp3) is 0.412. The summed E-state index contributed by atoms with van der Waals surface area (Å²) in [5.74, 6) is 0.479. The van der Waals surface area contributed by atoms with Gasteiger partial charge in [0, 0.05) is 11.4 Å². The Morgan fingerprint density at radius 3 is 2.81 bits per heavy atom. The molecule has 0 bridgehead atoms. The highest BCUT2D eigenvalue weighted by atomic mass is 32.2. The molecule has 112 valence electrons. The molecule has 0 aliphatic carbocycles. The maximum absolute atomic E-state index is 11.8. The third-order valence-corrected chi connectivity index (χ3v) is 4.51. The first-order chi connectivity index (χ1) is 10.0. The summed E-state index contributed by atoms with van der Waals surface area (Å²) < 4.78 is 0. The van der Waals surface area contributed by atoms with E-state index in [-0.39, 0.29) is 11.9 Å². The van der Waals surface area contributed by atoms with Gasteiger partial charge in [-0.15, -0.1) is 0 Å². The van der Waals surface area contributed by atoms with Crippen molar-refractivity contribution in [3.05, 3.63) is 35.4 Å². The SMILES string of the molecule is CC[C@@H](C)NC(=O)CSc1cc(C)c2cccc(C)c2n1. The lowest BCUT2D eigenvalue weighted by atomic mass is 10.1. The molecule has 0 fully saturated rings. The van der Waals surface area contributed by atoms with Gasteiger partial charge in [-0.2, -0.15) is 0 Å². The molecule has 1 amide bonds. The fourth-order valence-corrected chi connectivity index (χ4v) is 2.94. The zero-order valence-corrected chi connectivity index (χ0v) is 13.9. The van der Waals surface area contributed by atoms with Crippen LogP contribution in [0.25, 0.3) is 10.9 Å². The van der Waals surface area contributed by atoms with E-state index >= 15 is 0 Å². The van der Waals surface area contributed by atoms with Crippen molar-refractivity contribution in [2.24, 2.45) is 0 Å². The number of hydrogen-bond donors (Lipinski definition) is 1. The number of thioether (sulfide) groups is 1. The first-order valence-corrected chi connectivity index (χ1v) is 8.29. The van der Waals surface area contributed by atoms with E-state index in [1.165, 1.54) is 28.3 Å². The van der Waals surface area contributed by atoms with E-state index in [1.807, 2.05) is 6.92 Å². The van der Waals surface area contributed by atoms with Crippen LogP contribution in [0.3, 0.4) is 0 Å². The van der Waals surface area contributed by atoms with Crippen LogP contribution < -0.4 is 5.32 Å². The summed E-state index contributed by atoms with van der Waals surface area (Å²) in [4.78, 5) is 16.5. The van der Waals surface area contributed by atoms with Gasteiger partial charge in [-0.25, -0.2) is 4.98 Å². The smallest absolute Gasteiger partial charge is 0.230 e. The van der Waals surface area contributed by atoms with Crippen LogP contribution in [0.1, 0.15) is 31.4 Å². The number of amides is 1. The Bertz CT molecular complexity index is 655. The molecule has 0 spiro atoms. The molecule has 0 unspecified atom stereocenters. The Hall–Kier alpha value is -1.55. The topological polar surface area (TPSA) is 42.0 Å². The molecule has 2 rings (SSSR count). The van der Waals surface area contributed by atoms with Gasteiger partial charge in [0.25, 0.3) is 0 Å². The molecule has 1 N–H and O–H groups in total. The Morgan fingerprint density at radius 2 is 2.10 bits per heavy atom. The number of pyridine rings is 1. The summed E-state index contributed by atoms with van der Waals surface area (Å²) >= 11 is 1.50. The van der Waals surface area contributed by atoms with Crippen LogP contribution in [-0.4, -0.2) is 22.7 Å². The van der Waals surface area contributed by atoms with Crippen LogP contribution in [-0.2, 0) is 4.79 Å². The molecule has 0 saturated heterocycles. The van der Waals surface area contributed by atoms with Gasteiger partial charge >= 0.3 is 0 Å². The fourth-order valence-electron chi connectivity index (χ4n) is 2.16. The van der Waals surface area contributed by atoms with Gasteiger partial charge in [0.1, 0.15) is 0 Å². The predicted molar refractivity (Wildman–Crippen MR) is 89.8 cm³/mol. The standard InChI is InChI=1S/C17H22N2OS/c1-5-13(4)18-15(20)10-21-16-9-12(3)14-8-6-7-11(2)17(14)19-16/h6-9,13H,5,10H2,1-4H3,(H,18,20)/t13-/m1/s1. The number of rotatable bonds is 5. The van der Waals surface area contributed by atoms with Gasteiger partial charge in [-0.3, -0.25) is 4.79 Å². The van der Waals surface area contributed by atoms with Crippen molar-refractivity contribution in [1.82, 2.24) is 10.3 Å². The highest BCUT2D eigenvalue weighted by Crippen LogP contribution is 2.25. The third kappa shape index (κ3) is 3.97.